The largest absolute Gasteiger partial charge is 0.285 e. The normalized spacial score (nSPS) is 13.5. The Kier molecular flexibility index (Phi) is 4.48. The summed E-state index contributed by atoms with van der Waals surface area (Å²) in [5, 5.41) is 5.78. The van der Waals surface area contributed by atoms with Gasteiger partial charge in [0, 0.05) is 15.5 Å². The van der Waals surface area contributed by atoms with Crippen molar-refractivity contribution in [1.29, 1.82) is 0 Å². The van der Waals surface area contributed by atoms with E-state index in [0.717, 1.165) is 31.2 Å². The van der Waals surface area contributed by atoms with Crippen molar-refractivity contribution < 1.29 is 4.79 Å². The molecule has 0 unspecified atom stereocenters. The Bertz CT molecular complexity index is 1570. The number of thiophene rings is 1. The van der Waals surface area contributed by atoms with Crippen LogP contribution in [0.5, 0.6) is 0 Å². The van der Waals surface area contributed by atoms with E-state index in [1.807, 2.05) is 6.07 Å². The Morgan fingerprint density at radius 1 is 1.00 bits per heavy atom. The second-order valence-corrected chi connectivity index (χ2v) is 9.37. The lowest BCUT2D eigenvalue weighted by molar-refractivity contribution is 0.102. The molecule has 0 N–H and O–H groups in total. The molecule has 6 nitrogen and oxygen atoms in total. The molecule has 0 spiro atoms. The fourth-order valence-electron chi connectivity index (χ4n) is 4.33. The molecule has 5 aromatic rings. The zero-order valence-corrected chi connectivity index (χ0v) is 18.5. The van der Waals surface area contributed by atoms with E-state index in [9.17, 15) is 9.59 Å². The van der Waals surface area contributed by atoms with Gasteiger partial charge in [-0.15, -0.1) is 16.4 Å². The minimum Gasteiger partial charge on any atom is -0.285 e. The number of carbonyl (C=O) groups excluding carboxylic acids is 1. The summed E-state index contributed by atoms with van der Waals surface area (Å²) in [5.41, 5.74) is 1.99. The van der Waals surface area contributed by atoms with Crippen LogP contribution in [0.3, 0.4) is 0 Å². The summed E-state index contributed by atoms with van der Waals surface area (Å²) in [6.07, 6.45) is 4.01. The molecule has 0 saturated heterocycles. The van der Waals surface area contributed by atoms with Crippen LogP contribution in [0.2, 0.25) is 5.02 Å². The van der Waals surface area contributed by atoms with Crippen LogP contribution in [-0.4, -0.2) is 24.9 Å². The highest BCUT2D eigenvalue weighted by atomic mass is 35.5. The number of carbonyl (C=O) groups is 1. The number of benzene rings is 2. The van der Waals surface area contributed by atoms with Crippen molar-refractivity contribution in [2.45, 2.75) is 25.7 Å². The first-order valence-corrected chi connectivity index (χ1v) is 11.6. The van der Waals surface area contributed by atoms with Gasteiger partial charge in [-0.3, -0.25) is 9.59 Å². The van der Waals surface area contributed by atoms with Crippen molar-refractivity contribution >= 4 is 44.7 Å². The van der Waals surface area contributed by atoms with Crippen LogP contribution in [0.15, 0.2) is 59.4 Å². The van der Waals surface area contributed by atoms with Crippen LogP contribution >= 0.6 is 22.9 Å². The van der Waals surface area contributed by atoms with Crippen molar-refractivity contribution in [2.75, 3.05) is 0 Å². The molecule has 0 aliphatic heterocycles. The van der Waals surface area contributed by atoms with E-state index in [1.165, 1.54) is 9.28 Å². The van der Waals surface area contributed by atoms with Crippen LogP contribution in [0.1, 0.15) is 39.5 Å². The molecule has 32 heavy (non-hydrogen) atoms. The highest BCUT2D eigenvalue weighted by molar-refractivity contribution is 7.18. The fourth-order valence-corrected chi connectivity index (χ4v) is 5.71. The molecular weight excluding hydrogens is 444 g/mol. The molecule has 158 valence electrons. The van der Waals surface area contributed by atoms with Crippen molar-refractivity contribution in [3.8, 4) is 5.69 Å². The van der Waals surface area contributed by atoms with Gasteiger partial charge in [0.1, 0.15) is 4.83 Å². The minimum absolute atomic E-state index is 0.0521. The second-order valence-electron chi connectivity index (χ2n) is 7.85. The average Bonchev–Trinajstić information content (AvgIpc) is 3.39. The summed E-state index contributed by atoms with van der Waals surface area (Å²) < 4.78 is 2.92. The fraction of sp³-hybridized carbons (Fsp3) is 0.167. The molecule has 8 heteroatoms. The Labute approximate surface area is 191 Å². The smallest absolute Gasteiger partial charge is 0.270 e. The minimum atomic E-state index is -0.323. The van der Waals surface area contributed by atoms with Gasteiger partial charge in [0.2, 0.25) is 17.4 Å². The number of rotatable bonds is 3. The maximum atomic E-state index is 13.8. The van der Waals surface area contributed by atoms with E-state index >= 15 is 0 Å². The van der Waals surface area contributed by atoms with Gasteiger partial charge >= 0.3 is 0 Å². The van der Waals surface area contributed by atoms with Crippen molar-refractivity contribution in [3.05, 3.63) is 91.8 Å². The molecule has 0 atom stereocenters. The van der Waals surface area contributed by atoms with Gasteiger partial charge in [0.25, 0.3) is 5.56 Å². The van der Waals surface area contributed by atoms with E-state index in [4.69, 9.17) is 16.6 Å². The molecule has 3 heterocycles. The molecule has 0 bridgehead atoms. The monoisotopic (exact) mass is 460 g/mol. The molecule has 6 rings (SSSR count). The summed E-state index contributed by atoms with van der Waals surface area (Å²) in [6, 6.07) is 15.9. The molecule has 2 aromatic carbocycles. The zero-order valence-electron chi connectivity index (χ0n) is 16.9. The third-order valence-electron chi connectivity index (χ3n) is 5.88. The lowest BCUT2D eigenvalue weighted by atomic mass is 9.97. The Morgan fingerprint density at radius 2 is 1.75 bits per heavy atom. The van der Waals surface area contributed by atoms with Gasteiger partial charge in [0.05, 0.1) is 11.1 Å². The lowest BCUT2D eigenvalue weighted by Gasteiger charge is -2.09. The van der Waals surface area contributed by atoms with E-state index in [0.29, 0.717) is 32.3 Å². The van der Waals surface area contributed by atoms with Crippen LogP contribution in [0.4, 0.5) is 0 Å². The van der Waals surface area contributed by atoms with Crippen LogP contribution < -0.4 is 5.56 Å². The van der Waals surface area contributed by atoms with Crippen LogP contribution in [0, 0.1) is 0 Å². The van der Waals surface area contributed by atoms with E-state index in [2.05, 4.69) is 5.10 Å². The Hall–Kier alpha value is -3.29. The SMILES string of the molecule is O=C(c1ccccc1)c1nn(-c2ccc(Cl)cc2)c2nc3sc4c(c3c(=O)n12)CCCC4. The summed E-state index contributed by atoms with van der Waals surface area (Å²) in [4.78, 5) is 33.9. The first kappa shape index (κ1) is 19.4. The van der Waals surface area contributed by atoms with Crippen molar-refractivity contribution in [2.24, 2.45) is 0 Å². The average molecular weight is 461 g/mol. The van der Waals surface area contributed by atoms with Gasteiger partial charge in [-0.1, -0.05) is 41.9 Å². The molecule has 0 amide bonds. The van der Waals surface area contributed by atoms with Crippen LogP contribution in [0.25, 0.3) is 21.7 Å². The number of halogens is 1. The highest BCUT2D eigenvalue weighted by Crippen LogP contribution is 2.34. The first-order valence-electron chi connectivity index (χ1n) is 10.4. The lowest BCUT2D eigenvalue weighted by Crippen LogP contribution is -2.20. The Balaban J connectivity index is 1.70. The van der Waals surface area contributed by atoms with Gasteiger partial charge < -0.3 is 0 Å². The standard InChI is InChI=1S/C24H17ClN4O2S/c25-15-10-12-16(13-11-15)29-24-26-22-19(17-8-4-5-9-18(17)32-22)23(31)28(24)21(27-29)20(30)14-6-2-1-3-7-14/h1-3,6-7,10-13H,4-5,8-9H2. The summed E-state index contributed by atoms with van der Waals surface area (Å²) in [6.45, 7) is 0. The molecular formula is C24H17ClN4O2S. The van der Waals surface area contributed by atoms with Crippen molar-refractivity contribution in [3.63, 3.8) is 0 Å². The predicted molar refractivity (Wildman–Crippen MR) is 125 cm³/mol. The molecule has 1 aliphatic rings. The number of nitrogens with zero attached hydrogens (tertiary/aromatic N) is 4. The quantitative estimate of drug-likeness (QED) is 0.360. The van der Waals surface area contributed by atoms with Gasteiger partial charge in [-0.2, -0.15) is 4.68 Å². The van der Waals surface area contributed by atoms with E-state index < -0.39 is 0 Å². The molecule has 0 fully saturated rings. The summed E-state index contributed by atoms with van der Waals surface area (Å²) in [7, 11) is 0. The molecule has 0 radical (unpaired) electrons. The predicted octanol–water partition coefficient (Wildman–Crippen LogP) is 4.86. The third kappa shape index (κ3) is 2.92. The third-order valence-corrected chi connectivity index (χ3v) is 7.32. The van der Waals surface area contributed by atoms with Crippen molar-refractivity contribution in [1.82, 2.24) is 19.2 Å². The number of aromatic nitrogens is 4. The zero-order chi connectivity index (χ0) is 21.8. The summed E-state index contributed by atoms with van der Waals surface area (Å²) >= 11 is 7.64. The number of ketones is 1. The topological polar surface area (TPSA) is 69.3 Å². The number of aryl methyl sites for hydroxylation is 2. The summed E-state index contributed by atoms with van der Waals surface area (Å²) in [5.74, 6) is 0.0506. The maximum Gasteiger partial charge on any atom is 0.270 e. The van der Waals surface area contributed by atoms with E-state index in [-0.39, 0.29) is 17.2 Å². The maximum absolute atomic E-state index is 13.8. The van der Waals surface area contributed by atoms with Gasteiger partial charge in [-0.05, 0) is 55.5 Å². The van der Waals surface area contributed by atoms with E-state index in [1.54, 1.807) is 64.5 Å². The first-order chi connectivity index (χ1) is 15.6. The number of hydrogen-bond acceptors (Lipinski definition) is 5. The van der Waals surface area contributed by atoms with Gasteiger partial charge in [0.15, 0.2) is 0 Å². The molecule has 0 saturated carbocycles. The Morgan fingerprint density at radius 3 is 2.53 bits per heavy atom. The number of fused-ring (bicyclic) bond motifs is 4. The molecule has 3 aromatic heterocycles. The van der Waals surface area contributed by atoms with Gasteiger partial charge in [-0.25, -0.2) is 9.38 Å². The van der Waals surface area contributed by atoms with Crippen LogP contribution in [-0.2, 0) is 12.8 Å². The highest BCUT2D eigenvalue weighted by Gasteiger charge is 2.26. The molecule has 1 aliphatic carbocycles. The number of hydrogen-bond donors (Lipinski definition) is 0. The second kappa shape index (κ2) is 7.39.